The standard InChI is InChI=1S/C13H14N2O6S2/c1-8-13(9(2)21-15-8)23(18,19)14-6-12(17)20-7-10(16)11-4-3-5-22-11/h3-5,14H,6-7H2,1-2H3. The Labute approximate surface area is 136 Å². The first-order valence-electron chi connectivity index (χ1n) is 6.46. The summed E-state index contributed by atoms with van der Waals surface area (Å²) in [7, 11) is -3.95. The summed E-state index contributed by atoms with van der Waals surface area (Å²) in [5, 5.41) is 5.27. The number of nitrogens with zero attached hydrogens (tertiary/aromatic N) is 1. The summed E-state index contributed by atoms with van der Waals surface area (Å²) in [6.07, 6.45) is 0. The minimum atomic E-state index is -3.95. The van der Waals surface area contributed by atoms with Gasteiger partial charge in [-0.2, -0.15) is 4.72 Å². The van der Waals surface area contributed by atoms with E-state index in [1.165, 1.54) is 25.2 Å². The van der Waals surface area contributed by atoms with Crippen LogP contribution in [0.15, 0.2) is 26.9 Å². The Balaban J connectivity index is 1.88. The molecule has 0 bridgehead atoms. The Morgan fingerprint density at radius 2 is 2.13 bits per heavy atom. The highest BCUT2D eigenvalue weighted by Crippen LogP contribution is 2.18. The number of carbonyl (C=O) groups is 2. The van der Waals surface area contributed by atoms with Gasteiger partial charge in [-0.25, -0.2) is 8.42 Å². The van der Waals surface area contributed by atoms with E-state index in [2.05, 4.69) is 9.88 Å². The van der Waals surface area contributed by atoms with E-state index in [1.807, 2.05) is 0 Å². The molecule has 0 aliphatic heterocycles. The zero-order valence-corrected chi connectivity index (χ0v) is 14.0. The number of nitrogens with one attached hydrogen (secondary N) is 1. The fourth-order valence-corrected chi connectivity index (χ4v) is 3.74. The van der Waals surface area contributed by atoms with Gasteiger partial charge in [-0.15, -0.1) is 11.3 Å². The van der Waals surface area contributed by atoms with Crippen molar-refractivity contribution in [3.63, 3.8) is 0 Å². The second-order valence-corrected chi connectivity index (χ2v) is 7.19. The zero-order chi connectivity index (χ0) is 17.0. The smallest absolute Gasteiger partial charge is 0.321 e. The van der Waals surface area contributed by atoms with E-state index in [0.717, 1.165) is 0 Å². The number of thiophene rings is 1. The zero-order valence-electron chi connectivity index (χ0n) is 12.4. The molecular weight excluding hydrogens is 344 g/mol. The van der Waals surface area contributed by atoms with Crippen LogP contribution in [0.1, 0.15) is 21.1 Å². The number of esters is 1. The highest BCUT2D eigenvalue weighted by Gasteiger charge is 2.25. The molecule has 8 nitrogen and oxygen atoms in total. The van der Waals surface area contributed by atoms with Crippen LogP contribution in [0.4, 0.5) is 0 Å². The lowest BCUT2D eigenvalue weighted by atomic mass is 10.3. The van der Waals surface area contributed by atoms with Gasteiger partial charge in [-0.1, -0.05) is 11.2 Å². The predicted molar refractivity (Wildman–Crippen MR) is 80.8 cm³/mol. The molecule has 2 aromatic heterocycles. The van der Waals surface area contributed by atoms with Crippen molar-refractivity contribution in [1.82, 2.24) is 9.88 Å². The fraction of sp³-hybridized carbons (Fsp3) is 0.308. The number of aryl methyl sites for hydroxylation is 2. The predicted octanol–water partition coefficient (Wildman–Crippen LogP) is 1.06. The Morgan fingerprint density at radius 3 is 2.70 bits per heavy atom. The maximum Gasteiger partial charge on any atom is 0.321 e. The first kappa shape index (κ1) is 17.3. The SMILES string of the molecule is Cc1noc(C)c1S(=O)(=O)NCC(=O)OCC(=O)c1cccs1. The number of ether oxygens (including phenoxy) is 1. The molecule has 2 rings (SSSR count). The number of rotatable bonds is 7. The molecule has 0 radical (unpaired) electrons. The average molecular weight is 358 g/mol. The average Bonchev–Trinajstić information content (AvgIpc) is 3.13. The normalized spacial score (nSPS) is 11.4. The molecule has 0 atom stereocenters. The summed E-state index contributed by atoms with van der Waals surface area (Å²) in [4.78, 5) is 23.6. The molecule has 0 aliphatic rings. The second-order valence-electron chi connectivity index (χ2n) is 4.54. The molecule has 0 fully saturated rings. The van der Waals surface area contributed by atoms with Crippen LogP contribution in [0.3, 0.4) is 0 Å². The first-order chi connectivity index (χ1) is 10.8. The van der Waals surface area contributed by atoms with E-state index in [-0.39, 0.29) is 22.1 Å². The van der Waals surface area contributed by atoms with E-state index in [1.54, 1.807) is 17.5 Å². The quantitative estimate of drug-likeness (QED) is 0.581. The lowest BCUT2D eigenvalue weighted by molar-refractivity contribution is -0.141. The van der Waals surface area contributed by atoms with Crippen molar-refractivity contribution in [2.75, 3.05) is 13.2 Å². The van der Waals surface area contributed by atoms with Crippen molar-refractivity contribution in [3.8, 4) is 0 Å². The van der Waals surface area contributed by atoms with Gasteiger partial charge in [0.2, 0.25) is 15.8 Å². The third-order valence-electron chi connectivity index (χ3n) is 2.80. The van der Waals surface area contributed by atoms with Crippen LogP contribution in [-0.4, -0.2) is 38.5 Å². The number of aromatic nitrogens is 1. The van der Waals surface area contributed by atoms with Crippen LogP contribution < -0.4 is 4.72 Å². The summed E-state index contributed by atoms with van der Waals surface area (Å²) < 4.78 is 35.8. The number of hydrogen-bond acceptors (Lipinski definition) is 8. The second kappa shape index (κ2) is 7.02. The summed E-state index contributed by atoms with van der Waals surface area (Å²) in [6.45, 7) is 1.90. The van der Waals surface area contributed by atoms with Gasteiger partial charge in [0.05, 0.1) is 4.88 Å². The van der Waals surface area contributed by atoms with Crippen molar-refractivity contribution in [2.45, 2.75) is 18.7 Å². The molecule has 0 spiro atoms. The third-order valence-corrected chi connectivity index (χ3v) is 5.36. The number of ketones is 1. The van der Waals surface area contributed by atoms with E-state index < -0.39 is 29.1 Å². The van der Waals surface area contributed by atoms with Gasteiger partial charge in [0, 0.05) is 0 Å². The fourth-order valence-electron chi connectivity index (χ4n) is 1.79. The number of sulfonamides is 1. The van der Waals surface area contributed by atoms with Crippen molar-refractivity contribution in [2.24, 2.45) is 0 Å². The molecule has 0 aliphatic carbocycles. The van der Waals surface area contributed by atoms with E-state index in [9.17, 15) is 18.0 Å². The molecule has 124 valence electrons. The van der Waals surface area contributed by atoms with Gasteiger partial charge in [-0.3, -0.25) is 9.59 Å². The third kappa shape index (κ3) is 4.24. The van der Waals surface area contributed by atoms with Gasteiger partial charge < -0.3 is 9.26 Å². The number of carbonyl (C=O) groups excluding carboxylic acids is 2. The minimum absolute atomic E-state index is 0.111. The lowest BCUT2D eigenvalue weighted by Crippen LogP contribution is -2.32. The molecule has 23 heavy (non-hydrogen) atoms. The maximum atomic E-state index is 12.1. The van der Waals surface area contributed by atoms with Gasteiger partial charge >= 0.3 is 5.97 Å². The van der Waals surface area contributed by atoms with Crippen molar-refractivity contribution in [1.29, 1.82) is 0 Å². The molecule has 2 heterocycles. The van der Waals surface area contributed by atoms with Crippen LogP contribution in [-0.2, 0) is 19.6 Å². The van der Waals surface area contributed by atoms with Gasteiger partial charge in [0.15, 0.2) is 12.4 Å². The highest BCUT2D eigenvalue weighted by molar-refractivity contribution is 7.89. The topological polar surface area (TPSA) is 116 Å². The van der Waals surface area contributed by atoms with Crippen LogP contribution in [0.5, 0.6) is 0 Å². The number of hydrogen-bond donors (Lipinski definition) is 1. The van der Waals surface area contributed by atoms with E-state index in [4.69, 9.17) is 9.26 Å². The summed E-state index contributed by atoms with van der Waals surface area (Å²) in [5.41, 5.74) is 0.191. The van der Waals surface area contributed by atoms with Crippen LogP contribution in [0, 0.1) is 13.8 Å². The molecule has 2 aromatic rings. The Hall–Kier alpha value is -2.04. The van der Waals surface area contributed by atoms with Crippen molar-refractivity contribution in [3.05, 3.63) is 33.8 Å². The molecule has 0 unspecified atom stereocenters. The molecule has 0 amide bonds. The van der Waals surface area contributed by atoms with Gasteiger partial charge in [0.25, 0.3) is 0 Å². The Kier molecular flexibility index (Phi) is 5.29. The van der Waals surface area contributed by atoms with Crippen LogP contribution in [0.2, 0.25) is 0 Å². The Bertz CT molecular complexity index is 788. The molecular formula is C13H14N2O6S2. The molecule has 1 N–H and O–H groups in total. The van der Waals surface area contributed by atoms with Crippen LogP contribution in [0.25, 0.3) is 0 Å². The first-order valence-corrected chi connectivity index (χ1v) is 8.82. The van der Waals surface area contributed by atoms with Crippen LogP contribution >= 0.6 is 11.3 Å². The van der Waals surface area contributed by atoms with Crippen molar-refractivity contribution < 1.29 is 27.3 Å². The summed E-state index contributed by atoms with van der Waals surface area (Å²) in [6, 6.07) is 3.32. The van der Waals surface area contributed by atoms with Gasteiger partial charge in [0.1, 0.15) is 17.1 Å². The Morgan fingerprint density at radius 1 is 1.39 bits per heavy atom. The molecule has 0 aromatic carbocycles. The summed E-state index contributed by atoms with van der Waals surface area (Å²) in [5.74, 6) is -1.08. The van der Waals surface area contributed by atoms with Crippen molar-refractivity contribution >= 4 is 33.1 Å². The minimum Gasteiger partial charge on any atom is -0.456 e. The van der Waals surface area contributed by atoms with E-state index >= 15 is 0 Å². The molecule has 10 heteroatoms. The lowest BCUT2D eigenvalue weighted by Gasteiger charge is -2.06. The maximum absolute atomic E-state index is 12.1. The largest absolute Gasteiger partial charge is 0.456 e. The summed E-state index contributed by atoms with van der Waals surface area (Å²) >= 11 is 1.23. The molecule has 0 saturated heterocycles. The van der Waals surface area contributed by atoms with E-state index in [0.29, 0.717) is 4.88 Å². The highest BCUT2D eigenvalue weighted by atomic mass is 32.2. The number of Topliss-reactive ketones (excluding diaryl/α,β-unsaturated/α-hetero) is 1. The monoisotopic (exact) mass is 358 g/mol. The molecule has 0 saturated carbocycles. The van der Waals surface area contributed by atoms with Gasteiger partial charge in [-0.05, 0) is 25.3 Å².